The van der Waals surface area contributed by atoms with Crippen LogP contribution < -0.4 is 5.32 Å². The number of carbonyl (C=O) groups is 1. The van der Waals surface area contributed by atoms with Crippen LogP contribution in [0.1, 0.15) is 22.6 Å². The Morgan fingerprint density at radius 3 is 2.14 bits per heavy atom. The number of aromatic nitrogens is 1. The summed E-state index contributed by atoms with van der Waals surface area (Å²) in [6.07, 6.45) is 1.79. The molecule has 1 N–H and O–H groups in total. The molecule has 0 spiro atoms. The van der Waals surface area contributed by atoms with Crippen molar-refractivity contribution in [3.8, 4) is 10.6 Å². The van der Waals surface area contributed by atoms with E-state index >= 15 is 0 Å². The second-order valence-corrected chi connectivity index (χ2v) is 7.41. The molecule has 138 valence electrons. The van der Waals surface area contributed by atoms with E-state index in [0.717, 1.165) is 27.3 Å². The maximum absolute atomic E-state index is 13.2. The number of rotatable bonds is 6. The van der Waals surface area contributed by atoms with Gasteiger partial charge in [-0.15, -0.1) is 11.3 Å². The Balaban J connectivity index is 1.58. The van der Waals surface area contributed by atoms with Crippen LogP contribution >= 0.6 is 11.3 Å². The van der Waals surface area contributed by atoms with Gasteiger partial charge < -0.3 is 5.32 Å². The maximum Gasteiger partial charge on any atom is 0.232 e. The molecule has 4 heteroatoms. The van der Waals surface area contributed by atoms with Gasteiger partial charge in [-0.1, -0.05) is 72.8 Å². The van der Waals surface area contributed by atoms with Crippen molar-refractivity contribution >= 4 is 17.2 Å². The molecule has 2 aromatic carbocycles. The second-order valence-electron chi connectivity index (χ2n) is 6.46. The van der Waals surface area contributed by atoms with Gasteiger partial charge in [0.15, 0.2) is 0 Å². The van der Waals surface area contributed by atoms with Crippen LogP contribution in [-0.2, 0) is 11.3 Å². The van der Waals surface area contributed by atoms with E-state index in [9.17, 15) is 4.79 Å². The van der Waals surface area contributed by atoms with Gasteiger partial charge in [0, 0.05) is 12.7 Å². The molecule has 0 aliphatic heterocycles. The van der Waals surface area contributed by atoms with Crippen LogP contribution in [0.3, 0.4) is 0 Å². The predicted molar refractivity (Wildman–Crippen MR) is 114 cm³/mol. The van der Waals surface area contributed by atoms with Crippen molar-refractivity contribution in [1.29, 1.82) is 0 Å². The van der Waals surface area contributed by atoms with Crippen LogP contribution in [0.25, 0.3) is 10.6 Å². The quantitative estimate of drug-likeness (QED) is 0.493. The van der Waals surface area contributed by atoms with Gasteiger partial charge in [-0.2, -0.15) is 0 Å². The van der Waals surface area contributed by atoms with E-state index in [0.29, 0.717) is 6.54 Å². The van der Waals surface area contributed by atoms with Crippen LogP contribution in [0.4, 0.5) is 0 Å². The van der Waals surface area contributed by atoms with Crippen LogP contribution in [0, 0.1) is 0 Å². The van der Waals surface area contributed by atoms with Crippen molar-refractivity contribution in [2.45, 2.75) is 12.5 Å². The largest absolute Gasteiger partial charge is 0.351 e. The third-order valence-electron chi connectivity index (χ3n) is 4.63. The summed E-state index contributed by atoms with van der Waals surface area (Å²) in [6, 6.07) is 27.8. The number of thiophene rings is 1. The number of carbonyl (C=O) groups excluding carboxylic acids is 1. The number of nitrogens with zero attached hydrogens (tertiary/aromatic N) is 1. The van der Waals surface area contributed by atoms with E-state index in [2.05, 4.69) is 16.4 Å². The Bertz CT molecular complexity index is 991. The average molecular weight is 385 g/mol. The zero-order valence-electron chi connectivity index (χ0n) is 15.3. The van der Waals surface area contributed by atoms with Gasteiger partial charge in [0.25, 0.3) is 0 Å². The van der Waals surface area contributed by atoms with Gasteiger partial charge in [-0.3, -0.25) is 9.78 Å². The van der Waals surface area contributed by atoms with Crippen molar-refractivity contribution in [3.63, 3.8) is 0 Å². The molecule has 4 aromatic rings. The summed E-state index contributed by atoms with van der Waals surface area (Å²) >= 11 is 1.65. The van der Waals surface area contributed by atoms with Crippen molar-refractivity contribution in [2.24, 2.45) is 0 Å². The van der Waals surface area contributed by atoms with Gasteiger partial charge in [-0.05, 0) is 34.2 Å². The van der Waals surface area contributed by atoms with E-state index in [1.54, 1.807) is 17.5 Å². The lowest BCUT2D eigenvalue weighted by Gasteiger charge is -2.18. The normalized spacial score (nSPS) is 10.8. The van der Waals surface area contributed by atoms with E-state index < -0.39 is 0 Å². The first-order valence-electron chi connectivity index (χ1n) is 9.18. The monoisotopic (exact) mass is 384 g/mol. The van der Waals surface area contributed by atoms with Crippen LogP contribution in [0.2, 0.25) is 0 Å². The summed E-state index contributed by atoms with van der Waals surface area (Å²) in [5.41, 5.74) is 3.90. The summed E-state index contributed by atoms with van der Waals surface area (Å²) in [6.45, 7) is 0.441. The molecule has 0 aliphatic carbocycles. The molecule has 1 amide bonds. The third kappa shape index (κ3) is 4.02. The fourth-order valence-electron chi connectivity index (χ4n) is 3.29. The van der Waals surface area contributed by atoms with Gasteiger partial charge >= 0.3 is 0 Å². The van der Waals surface area contributed by atoms with Crippen molar-refractivity contribution < 1.29 is 4.79 Å². The Morgan fingerprint density at radius 2 is 1.54 bits per heavy atom. The molecule has 0 aliphatic rings. The van der Waals surface area contributed by atoms with Crippen LogP contribution in [0.5, 0.6) is 0 Å². The minimum absolute atomic E-state index is 0.0154. The molecule has 0 atom stereocenters. The Kier molecular flexibility index (Phi) is 5.59. The molecule has 0 radical (unpaired) electrons. The van der Waals surface area contributed by atoms with E-state index in [1.165, 1.54) is 0 Å². The zero-order valence-corrected chi connectivity index (χ0v) is 16.1. The van der Waals surface area contributed by atoms with E-state index in [-0.39, 0.29) is 11.8 Å². The van der Waals surface area contributed by atoms with Crippen molar-refractivity contribution in [2.75, 3.05) is 0 Å². The first kappa shape index (κ1) is 18.1. The fraction of sp³-hybridized carbons (Fsp3) is 0.0833. The Labute approximate surface area is 168 Å². The maximum atomic E-state index is 13.2. The smallest absolute Gasteiger partial charge is 0.232 e. The third-order valence-corrected chi connectivity index (χ3v) is 5.50. The predicted octanol–water partition coefficient (Wildman–Crippen LogP) is 5.26. The SMILES string of the molecule is O=C(NCc1cccnc1-c1cccs1)C(c1ccccc1)c1ccccc1. The number of pyridine rings is 1. The number of hydrogen-bond donors (Lipinski definition) is 1. The highest BCUT2D eigenvalue weighted by molar-refractivity contribution is 7.13. The minimum Gasteiger partial charge on any atom is -0.351 e. The molecular formula is C24H20N2OS. The van der Waals surface area contributed by atoms with Gasteiger partial charge in [0.1, 0.15) is 0 Å². The van der Waals surface area contributed by atoms with Crippen LogP contribution in [-0.4, -0.2) is 10.9 Å². The van der Waals surface area contributed by atoms with E-state index in [1.807, 2.05) is 84.2 Å². The molecule has 4 rings (SSSR count). The number of benzene rings is 2. The first-order valence-corrected chi connectivity index (χ1v) is 10.1. The number of nitrogens with one attached hydrogen (secondary N) is 1. The summed E-state index contributed by atoms with van der Waals surface area (Å²) in [5.74, 6) is -0.359. The lowest BCUT2D eigenvalue weighted by Crippen LogP contribution is -2.29. The highest BCUT2D eigenvalue weighted by Crippen LogP contribution is 2.27. The highest BCUT2D eigenvalue weighted by atomic mass is 32.1. The molecular weight excluding hydrogens is 364 g/mol. The van der Waals surface area contributed by atoms with Crippen molar-refractivity contribution in [1.82, 2.24) is 10.3 Å². The topological polar surface area (TPSA) is 42.0 Å². The zero-order chi connectivity index (χ0) is 19.2. The molecule has 0 saturated heterocycles. The number of hydrogen-bond acceptors (Lipinski definition) is 3. The van der Waals surface area contributed by atoms with Gasteiger partial charge in [0.05, 0.1) is 16.5 Å². The van der Waals surface area contributed by atoms with Gasteiger partial charge in [0.2, 0.25) is 5.91 Å². The summed E-state index contributed by atoms with van der Waals surface area (Å²) in [4.78, 5) is 18.8. The summed E-state index contributed by atoms with van der Waals surface area (Å²) in [7, 11) is 0. The molecule has 3 nitrogen and oxygen atoms in total. The van der Waals surface area contributed by atoms with E-state index in [4.69, 9.17) is 0 Å². The Hall–Kier alpha value is -3.24. The standard InChI is InChI=1S/C24H20N2OS/c27-24(22(18-9-3-1-4-10-18)19-11-5-2-6-12-19)26-17-20-13-7-15-25-23(20)21-14-8-16-28-21/h1-16,22H,17H2,(H,26,27). The molecule has 0 fully saturated rings. The second kappa shape index (κ2) is 8.63. The first-order chi connectivity index (χ1) is 13.8. The fourth-order valence-corrected chi connectivity index (χ4v) is 4.04. The molecule has 2 heterocycles. The lowest BCUT2D eigenvalue weighted by atomic mass is 9.90. The molecule has 2 aromatic heterocycles. The molecule has 0 unspecified atom stereocenters. The van der Waals surface area contributed by atoms with Crippen molar-refractivity contribution in [3.05, 3.63) is 113 Å². The molecule has 28 heavy (non-hydrogen) atoms. The minimum atomic E-state index is -0.343. The number of amides is 1. The average Bonchev–Trinajstić information content (AvgIpc) is 3.29. The summed E-state index contributed by atoms with van der Waals surface area (Å²) < 4.78 is 0. The lowest BCUT2D eigenvalue weighted by molar-refractivity contribution is -0.121. The Morgan fingerprint density at radius 1 is 0.857 bits per heavy atom. The molecule has 0 bridgehead atoms. The highest BCUT2D eigenvalue weighted by Gasteiger charge is 2.22. The summed E-state index contributed by atoms with van der Waals surface area (Å²) in [5, 5.41) is 5.16. The molecule has 0 saturated carbocycles. The van der Waals surface area contributed by atoms with Crippen LogP contribution in [0.15, 0.2) is 96.5 Å². The van der Waals surface area contributed by atoms with Gasteiger partial charge in [-0.25, -0.2) is 0 Å².